The van der Waals surface area contributed by atoms with E-state index in [4.69, 9.17) is 5.11 Å². The summed E-state index contributed by atoms with van der Waals surface area (Å²) >= 11 is 0. The van der Waals surface area contributed by atoms with Gasteiger partial charge in [0.05, 0.1) is 11.9 Å². The minimum atomic E-state index is -4.27. The Hall–Kier alpha value is -2.42. The Kier molecular flexibility index (Phi) is 3.45. The van der Waals surface area contributed by atoms with Crippen LogP contribution in [0.3, 0.4) is 0 Å². The number of hydrogen-bond acceptors (Lipinski definition) is 4. The average Bonchev–Trinajstić information content (AvgIpc) is 2.82. The quantitative estimate of drug-likeness (QED) is 0.789. The molecule has 9 heteroatoms. The monoisotopic (exact) mass is 299 g/mol. The Bertz CT molecular complexity index is 770. The number of anilines is 1. The molecule has 0 unspecified atom stereocenters. The highest BCUT2D eigenvalue weighted by Crippen LogP contribution is 2.20. The number of carbonyl (C=O) groups is 1. The Morgan fingerprint density at radius 3 is 2.75 bits per heavy atom. The van der Waals surface area contributed by atoms with Crippen LogP contribution in [0.25, 0.3) is 0 Å². The number of carboxylic acids is 1. The van der Waals surface area contributed by atoms with Crippen molar-refractivity contribution >= 4 is 21.7 Å². The third kappa shape index (κ3) is 2.62. The average molecular weight is 299 g/mol. The summed E-state index contributed by atoms with van der Waals surface area (Å²) in [5.41, 5.74) is -0.176. The molecule has 0 amide bonds. The van der Waals surface area contributed by atoms with E-state index in [-0.39, 0.29) is 5.69 Å². The summed E-state index contributed by atoms with van der Waals surface area (Å²) in [6, 6.07) is 3.92. The molecule has 0 saturated carbocycles. The summed E-state index contributed by atoms with van der Waals surface area (Å²) < 4.78 is 39.6. The molecule has 0 fully saturated rings. The van der Waals surface area contributed by atoms with E-state index in [0.717, 1.165) is 12.3 Å². The molecular weight excluding hydrogens is 289 g/mol. The predicted molar refractivity (Wildman–Crippen MR) is 67.5 cm³/mol. The molecule has 106 valence electrons. The fourth-order valence-corrected chi connectivity index (χ4v) is 2.69. The van der Waals surface area contributed by atoms with Crippen molar-refractivity contribution in [3.63, 3.8) is 0 Å². The highest BCUT2D eigenvalue weighted by molar-refractivity contribution is 7.92. The van der Waals surface area contributed by atoms with Gasteiger partial charge in [-0.2, -0.15) is 13.5 Å². The maximum atomic E-state index is 13.6. The normalized spacial score (nSPS) is 11.3. The smallest absolute Gasteiger partial charge is 0.340 e. The van der Waals surface area contributed by atoms with Gasteiger partial charge < -0.3 is 5.11 Å². The highest BCUT2D eigenvalue weighted by atomic mass is 32.2. The zero-order valence-electron chi connectivity index (χ0n) is 10.2. The van der Waals surface area contributed by atoms with Gasteiger partial charge in [0.15, 0.2) is 5.03 Å². The number of carboxylic acid groups (broad SMARTS) is 1. The van der Waals surface area contributed by atoms with Crippen LogP contribution < -0.4 is 4.72 Å². The van der Waals surface area contributed by atoms with E-state index in [9.17, 15) is 17.6 Å². The van der Waals surface area contributed by atoms with Gasteiger partial charge in [0.25, 0.3) is 10.0 Å². The number of hydrogen-bond donors (Lipinski definition) is 3. The molecule has 3 N–H and O–H groups in total. The zero-order valence-corrected chi connectivity index (χ0v) is 11.0. The van der Waals surface area contributed by atoms with Gasteiger partial charge in [-0.3, -0.25) is 9.82 Å². The number of sulfonamides is 1. The van der Waals surface area contributed by atoms with E-state index < -0.39 is 32.4 Å². The lowest BCUT2D eigenvalue weighted by molar-refractivity contribution is 0.0692. The van der Waals surface area contributed by atoms with Crippen molar-refractivity contribution in [1.82, 2.24) is 10.2 Å². The number of H-pyrrole nitrogens is 1. The summed E-state index contributed by atoms with van der Waals surface area (Å²) in [7, 11) is -4.27. The number of halogens is 1. The third-order valence-corrected chi connectivity index (χ3v) is 3.81. The van der Waals surface area contributed by atoms with Crippen LogP contribution in [0.2, 0.25) is 0 Å². The lowest BCUT2D eigenvalue weighted by Crippen LogP contribution is -2.17. The van der Waals surface area contributed by atoms with Crippen molar-refractivity contribution in [2.45, 2.75) is 11.9 Å². The van der Waals surface area contributed by atoms with E-state index in [1.165, 1.54) is 12.1 Å². The molecule has 0 spiro atoms. The minimum Gasteiger partial charge on any atom is -0.478 e. The second-order valence-electron chi connectivity index (χ2n) is 4.01. The van der Waals surface area contributed by atoms with Crippen LogP contribution in [0.4, 0.5) is 10.1 Å². The molecule has 20 heavy (non-hydrogen) atoms. The molecule has 1 aromatic heterocycles. The number of aryl methyl sites for hydroxylation is 1. The maximum absolute atomic E-state index is 13.6. The lowest BCUT2D eigenvalue weighted by Gasteiger charge is -2.08. The van der Waals surface area contributed by atoms with Crippen molar-refractivity contribution in [2.75, 3.05) is 4.72 Å². The van der Waals surface area contributed by atoms with Crippen LogP contribution in [-0.2, 0) is 10.0 Å². The first-order valence-corrected chi connectivity index (χ1v) is 6.85. The number of nitrogens with zero attached hydrogens (tertiary/aromatic N) is 1. The van der Waals surface area contributed by atoms with E-state index in [0.29, 0.717) is 5.56 Å². The number of benzene rings is 1. The first-order valence-electron chi connectivity index (χ1n) is 5.37. The van der Waals surface area contributed by atoms with Crippen LogP contribution in [-0.4, -0.2) is 29.7 Å². The van der Waals surface area contributed by atoms with Crippen molar-refractivity contribution in [1.29, 1.82) is 0 Å². The van der Waals surface area contributed by atoms with Gasteiger partial charge in [-0.15, -0.1) is 0 Å². The van der Waals surface area contributed by atoms with E-state index in [1.807, 2.05) is 4.72 Å². The molecule has 0 aliphatic heterocycles. The molecule has 0 atom stereocenters. The number of aromatic nitrogens is 2. The largest absolute Gasteiger partial charge is 0.478 e. The van der Waals surface area contributed by atoms with Crippen molar-refractivity contribution in [3.05, 3.63) is 41.3 Å². The van der Waals surface area contributed by atoms with Crippen LogP contribution in [0.5, 0.6) is 0 Å². The van der Waals surface area contributed by atoms with E-state index >= 15 is 0 Å². The van der Waals surface area contributed by atoms with E-state index in [2.05, 4.69) is 10.2 Å². The van der Waals surface area contributed by atoms with Crippen LogP contribution >= 0.6 is 0 Å². The van der Waals surface area contributed by atoms with Crippen molar-refractivity contribution in [2.24, 2.45) is 0 Å². The fraction of sp³-hybridized carbons (Fsp3) is 0.0909. The van der Waals surface area contributed by atoms with Gasteiger partial charge in [0.1, 0.15) is 11.4 Å². The number of aromatic carboxylic acids is 1. The Balaban J connectivity index is 2.41. The second kappa shape index (κ2) is 4.93. The molecule has 1 heterocycles. The Morgan fingerprint density at radius 2 is 2.15 bits per heavy atom. The SMILES string of the molecule is Cc1ccc(NS(=O)(=O)c2[nH]ncc2C(=O)O)c(F)c1. The Morgan fingerprint density at radius 1 is 1.45 bits per heavy atom. The summed E-state index contributed by atoms with van der Waals surface area (Å²) in [5, 5.41) is 13.7. The molecule has 0 saturated heterocycles. The van der Waals surface area contributed by atoms with Gasteiger partial charge >= 0.3 is 5.97 Å². The highest BCUT2D eigenvalue weighted by Gasteiger charge is 2.25. The number of aromatic amines is 1. The minimum absolute atomic E-state index is 0.276. The molecule has 1 aromatic carbocycles. The first-order chi connectivity index (χ1) is 9.31. The predicted octanol–water partition coefficient (Wildman–Crippen LogP) is 1.36. The molecule has 0 bridgehead atoms. The Labute approximate surface area is 113 Å². The third-order valence-electron chi connectivity index (χ3n) is 2.47. The van der Waals surface area contributed by atoms with Gasteiger partial charge in [0, 0.05) is 0 Å². The van der Waals surface area contributed by atoms with Crippen LogP contribution in [0.1, 0.15) is 15.9 Å². The summed E-state index contributed by atoms with van der Waals surface area (Å²) in [6.07, 6.45) is 0.863. The van der Waals surface area contributed by atoms with Crippen molar-refractivity contribution < 1.29 is 22.7 Å². The summed E-state index contributed by atoms with van der Waals surface area (Å²) in [5.74, 6) is -2.21. The standard InChI is InChI=1S/C11H10FN3O4S/c1-6-2-3-9(8(12)4-6)15-20(18,19)10-7(11(16)17)5-13-14-10/h2-5,15H,1H3,(H,13,14)(H,16,17). The molecule has 2 rings (SSSR count). The summed E-state index contributed by atoms with van der Waals surface area (Å²) in [4.78, 5) is 10.9. The topological polar surface area (TPSA) is 112 Å². The zero-order chi connectivity index (χ0) is 14.9. The number of rotatable bonds is 4. The fourth-order valence-electron chi connectivity index (χ4n) is 1.53. The molecule has 0 aliphatic rings. The van der Waals surface area contributed by atoms with Crippen LogP contribution in [0.15, 0.2) is 29.4 Å². The van der Waals surface area contributed by atoms with Gasteiger partial charge in [-0.05, 0) is 24.6 Å². The summed E-state index contributed by atoms with van der Waals surface area (Å²) in [6.45, 7) is 1.65. The lowest BCUT2D eigenvalue weighted by atomic mass is 10.2. The molecule has 2 aromatic rings. The molecule has 0 radical (unpaired) electrons. The maximum Gasteiger partial charge on any atom is 0.340 e. The van der Waals surface area contributed by atoms with Gasteiger partial charge in [0.2, 0.25) is 0 Å². The van der Waals surface area contributed by atoms with Crippen molar-refractivity contribution in [3.8, 4) is 0 Å². The number of nitrogens with one attached hydrogen (secondary N) is 2. The van der Waals surface area contributed by atoms with E-state index in [1.54, 1.807) is 6.92 Å². The van der Waals surface area contributed by atoms with Crippen LogP contribution in [0, 0.1) is 12.7 Å². The first kappa shape index (κ1) is 14.0. The van der Waals surface area contributed by atoms with Gasteiger partial charge in [-0.1, -0.05) is 6.07 Å². The molecule has 7 nitrogen and oxygen atoms in total. The molecular formula is C11H10FN3O4S. The second-order valence-corrected chi connectivity index (χ2v) is 5.63. The van der Waals surface area contributed by atoms with Gasteiger partial charge in [-0.25, -0.2) is 9.18 Å². The molecule has 0 aliphatic carbocycles.